The Bertz CT molecular complexity index is 720. The van der Waals surface area contributed by atoms with E-state index in [0.717, 1.165) is 32.5 Å². The number of nitrogens with zero attached hydrogens (tertiary/aromatic N) is 3. The summed E-state index contributed by atoms with van der Waals surface area (Å²) in [7, 11) is 0. The van der Waals surface area contributed by atoms with E-state index in [1.54, 1.807) is 6.20 Å². The van der Waals surface area contributed by atoms with Crippen molar-refractivity contribution in [1.29, 1.82) is 0 Å². The van der Waals surface area contributed by atoms with E-state index in [1.807, 2.05) is 12.3 Å². The molecule has 3 heterocycles. The van der Waals surface area contributed by atoms with E-state index in [1.165, 1.54) is 23.9 Å². The molecule has 2 aromatic rings. The standard InChI is InChI=1S/C19H22F2N4O2/c20-17(21)13-27-18-4-3-15(11-23-18)19(26)24-16-5-8-25(9-6-16)12-14-2-1-7-22-10-14/h1-4,7,10-11,16-17H,5-6,8-9,12-13H2,(H,24,26). The Kier molecular flexibility index (Phi) is 6.64. The summed E-state index contributed by atoms with van der Waals surface area (Å²) in [4.78, 5) is 22.7. The highest BCUT2D eigenvalue weighted by atomic mass is 19.3. The van der Waals surface area contributed by atoms with Gasteiger partial charge in [-0.25, -0.2) is 13.8 Å². The molecule has 27 heavy (non-hydrogen) atoms. The zero-order chi connectivity index (χ0) is 19.1. The number of amides is 1. The van der Waals surface area contributed by atoms with Crippen LogP contribution in [0.25, 0.3) is 0 Å². The largest absolute Gasteiger partial charge is 0.472 e. The molecule has 0 aliphatic carbocycles. The van der Waals surface area contributed by atoms with Crippen molar-refractivity contribution in [3.63, 3.8) is 0 Å². The van der Waals surface area contributed by atoms with E-state index in [4.69, 9.17) is 4.74 Å². The van der Waals surface area contributed by atoms with Gasteiger partial charge in [-0.1, -0.05) is 6.07 Å². The predicted octanol–water partition coefficient (Wildman–Crippen LogP) is 2.51. The summed E-state index contributed by atoms with van der Waals surface area (Å²) in [6, 6.07) is 7.05. The topological polar surface area (TPSA) is 67.4 Å². The van der Waals surface area contributed by atoms with Crippen LogP contribution in [0.3, 0.4) is 0 Å². The Morgan fingerprint density at radius 3 is 2.70 bits per heavy atom. The Morgan fingerprint density at radius 1 is 1.26 bits per heavy atom. The third-order valence-corrected chi connectivity index (χ3v) is 4.41. The third-order valence-electron chi connectivity index (χ3n) is 4.41. The highest BCUT2D eigenvalue weighted by molar-refractivity contribution is 5.94. The number of hydrogen-bond acceptors (Lipinski definition) is 5. The van der Waals surface area contributed by atoms with Gasteiger partial charge in [-0.05, 0) is 30.5 Å². The fourth-order valence-corrected chi connectivity index (χ4v) is 3.00. The second-order valence-electron chi connectivity index (χ2n) is 6.47. The molecule has 3 rings (SSSR count). The lowest BCUT2D eigenvalue weighted by Crippen LogP contribution is -2.44. The number of rotatable bonds is 7. The van der Waals surface area contributed by atoms with Crippen molar-refractivity contribution in [2.45, 2.75) is 31.9 Å². The maximum Gasteiger partial charge on any atom is 0.272 e. The van der Waals surface area contributed by atoms with Crippen molar-refractivity contribution < 1.29 is 18.3 Å². The van der Waals surface area contributed by atoms with Crippen LogP contribution in [0.2, 0.25) is 0 Å². The quantitative estimate of drug-likeness (QED) is 0.804. The maximum absolute atomic E-state index is 12.3. The first-order valence-corrected chi connectivity index (χ1v) is 8.89. The number of likely N-dealkylation sites (tertiary alicyclic amines) is 1. The smallest absolute Gasteiger partial charge is 0.272 e. The second kappa shape index (κ2) is 9.36. The van der Waals surface area contributed by atoms with E-state index in [9.17, 15) is 13.6 Å². The SMILES string of the molecule is O=C(NC1CCN(Cc2cccnc2)CC1)c1ccc(OCC(F)F)nc1. The predicted molar refractivity (Wildman–Crippen MR) is 95.7 cm³/mol. The van der Waals surface area contributed by atoms with Crippen molar-refractivity contribution in [3.8, 4) is 5.88 Å². The van der Waals surface area contributed by atoms with Crippen LogP contribution in [0, 0.1) is 0 Å². The fourth-order valence-electron chi connectivity index (χ4n) is 3.00. The van der Waals surface area contributed by atoms with Gasteiger partial charge in [0.2, 0.25) is 5.88 Å². The number of carbonyl (C=O) groups excluding carboxylic acids is 1. The highest BCUT2D eigenvalue weighted by Crippen LogP contribution is 2.15. The monoisotopic (exact) mass is 376 g/mol. The van der Waals surface area contributed by atoms with Crippen molar-refractivity contribution in [3.05, 3.63) is 54.0 Å². The van der Waals surface area contributed by atoms with Crippen molar-refractivity contribution >= 4 is 5.91 Å². The van der Waals surface area contributed by atoms with Gasteiger partial charge in [-0.3, -0.25) is 14.7 Å². The lowest BCUT2D eigenvalue weighted by atomic mass is 10.0. The average molecular weight is 376 g/mol. The van der Waals surface area contributed by atoms with Gasteiger partial charge in [-0.2, -0.15) is 0 Å². The van der Waals surface area contributed by atoms with Crippen molar-refractivity contribution in [1.82, 2.24) is 20.2 Å². The van der Waals surface area contributed by atoms with Crippen LogP contribution in [0.5, 0.6) is 5.88 Å². The number of nitrogens with one attached hydrogen (secondary N) is 1. The molecule has 1 saturated heterocycles. The summed E-state index contributed by atoms with van der Waals surface area (Å²) >= 11 is 0. The number of pyridine rings is 2. The van der Waals surface area contributed by atoms with Crippen LogP contribution >= 0.6 is 0 Å². The van der Waals surface area contributed by atoms with Crippen LogP contribution in [-0.2, 0) is 6.54 Å². The third kappa shape index (κ3) is 5.96. The molecule has 1 amide bonds. The molecule has 0 spiro atoms. The normalized spacial score (nSPS) is 15.7. The van der Waals surface area contributed by atoms with Crippen LogP contribution < -0.4 is 10.1 Å². The molecule has 0 saturated carbocycles. The highest BCUT2D eigenvalue weighted by Gasteiger charge is 2.21. The van der Waals surface area contributed by atoms with Gasteiger partial charge in [0.1, 0.15) is 0 Å². The number of alkyl halides is 2. The molecule has 0 radical (unpaired) electrons. The molecule has 0 aromatic carbocycles. The zero-order valence-corrected chi connectivity index (χ0v) is 14.9. The van der Waals surface area contributed by atoms with Gasteiger partial charge in [0, 0.05) is 50.3 Å². The van der Waals surface area contributed by atoms with Crippen LogP contribution in [-0.4, -0.2) is 52.9 Å². The Balaban J connectivity index is 1.43. The van der Waals surface area contributed by atoms with Crippen molar-refractivity contribution in [2.75, 3.05) is 19.7 Å². The molecule has 0 bridgehead atoms. The van der Waals surface area contributed by atoms with E-state index < -0.39 is 13.0 Å². The first-order valence-electron chi connectivity index (χ1n) is 8.89. The first-order chi connectivity index (χ1) is 13.1. The average Bonchev–Trinajstić information content (AvgIpc) is 2.69. The summed E-state index contributed by atoms with van der Waals surface area (Å²) in [5, 5.41) is 3.01. The Labute approximate surface area is 156 Å². The van der Waals surface area contributed by atoms with Crippen LogP contribution in [0.1, 0.15) is 28.8 Å². The molecular weight excluding hydrogens is 354 g/mol. The van der Waals surface area contributed by atoms with E-state index in [0.29, 0.717) is 5.56 Å². The van der Waals surface area contributed by atoms with Gasteiger partial charge in [0.05, 0.1) is 5.56 Å². The number of piperidine rings is 1. The molecule has 0 unspecified atom stereocenters. The minimum Gasteiger partial charge on any atom is -0.472 e. The molecule has 0 atom stereocenters. The van der Waals surface area contributed by atoms with Crippen molar-refractivity contribution in [2.24, 2.45) is 0 Å². The number of ether oxygens (including phenoxy) is 1. The molecule has 1 aliphatic heterocycles. The first kappa shape index (κ1) is 19.2. The van der Waals surface area contributed by atoms with Gasteiger partial charge < -0.3 is 10.1 Å². The lowest BCUT2D eigenvalue weighted by molar-refractivity contribution is 0.0794. The van der Waals surface area contributed by atoms with Gasteiger partial charge in [0.25, 0.3) is 12.3 Å². The summed E-state index contributed by atoms with van der Waals surface area (Å²) in [6.45, 7) is 1.95. The zero-order valence-electron chi connectivity index (χ0n) is 14.9. The van der Waals surface area contributed by atoms with Crippen LogP contribution in [0.4, 0.5) is 8.78 Å². The summed E-state index contributed by atoms with van der Waals surface area (Å²) < 4.78 is 29.0. The minimum atomic E-state index is -2.56. The molecular formula is C19H22F2N4O2. The molecule has 2 aromatic heterocycles. The molecule has 8 heteroatoms. The number of hydrogen-bond donors (Lipinski definition) is 1. The second-order valence-corrected chi connectivity index (χ2v) is 6.47. The number of carbonyl (C=O) groups is 1. The number of aromatic nitrogens is 2. The molecule has 144 valence electrons. The van der Waals surface area contributed by atoms with Gasteiger partial charge in [-0.15, -0.1) is 0 Å². The fraction of sp³-hybridized carbons (Fsp3) is 0.421. The summed E-state index contributed by atoms with van der Waals surface area (Å²) in [5.41, 5.74) is 1.57. The summed E-state index contributed by atoms with van der Waals surface area (Å²) in [6.07, 6.45) is 4.16. The molecule has 1 aliphatic rings. The van der Waals surface area contributed by atoms with E-state index >= 15 is 0 Å². The maximum atomic E-state index is 12.3. The Hall–Kier alpha value is -2.61. The molecule has 6 nitrogen and oxygen atoms in total. The summed E-state index contributed by atoms with van der Waals surface area (Å²) in [5.74, 6) is -0.135. The minimum absolute atomic E-state index is 0.0792. The molecule has 1 fully saturated rings. The van der Waals surface area contributed by atoms with Crippen LogP contribution in [0.15, 0.2) is 42.9 Å². The Morgan fingerprint density at radius 2 is 2.07 bits per heavy atom. The number of halogens is 2. The van der Waals surface area contributed by atoms with E-state index in [-0.39, 0.29) is 17.8 Å². The van der Waals surface area contributed by atoms with Gasteiger partial charge >= 0.3 is 0 Å². The van der Waals surface area contributed by atoms with E-state index in [2.05, 4.69) is 26.3 Å². The lowest BCUT2D eigenvalue weighted by Gasteiger charge is -2.32. The van der Waals surface area contributed by atoms with Gasteiger partial charge in [0.15, 0.2) is 6.61 Å². The molecule has 1 N–H and O–H groups in total.